The van der Waals surface area contributed by atoms with E-state index in [1.807, 2.05) is 29.2 Å². The molecule has 0 unspecified atom stereocenters. The summed E-state index contributed by atoms with van der Waals surface area (Å²) in [6, 6.07) is 9.81. The zero-order chi connectivity index (χ0) is 20.5. The van der Waals surface area contributed by atoms with Crippen molar-refractivity contribution in [1.29, 1.82) is 5.26 Å². The summed E-state index contributed by atoms with van der Waals surface area (Å²) in [7, 11) is 0. The number of nitrogens with zero attached hydrogens (tertiary/aromatic N) is 4. The second-order valence-electron chi connectivity index (χ2n) is 6.48. The number of oxazole rings is 1. The topological polar surface area (TPSA) is 111 Å². The van der Waals surface area contributed by atoms with Crippen LogP contribution in [0.5, 0.6) is 0 Å². The first kappa shape index (κ1) is 21.1. The second-order valence-corrected chi connectivity index (χ2v) is 6.48. The lowest BCUT2D eigenvalue weighted by Crippen LogP contribution is -2.35. The number of hydrogen-bond acceptors (Lipinski definition) is 6. The maximum Gasteiger partial charge on any atom is 0.291 e. The van der Waals surface area contributed by atoms with Crippen LogP contribution in [0.3, 0.4) is 0 Å². The lowest BCUT2D eigenvalue weighted by Gasteiger charge is -2.21. The molecule has 1 saturated heterocycles. The van der Waals surface area contributed by atoms with Gasteiger partial charge in [0.15, 0.2) is 5.89 Å². The maximum absolute atomic E-state index is 12.7. The van der Waals surface area contributed by atoms with Crippen molar-refractivity contribution in [3.63, 3.8) is 0 Å². The summed E-state index contributed by atoms with van der Waals surface area (Å²) in [5.41, 5.74) is 2.51. The molecule has 2 heterocycles. The maximum atomic E-state index is 12.7. The quantitative estimate of drug-likeness (QED) is 0.808. The van der Waals surface area contributed by atoms with Crippen LogP contribution in [-0.2, 0) is 11.3 Å². The number of carboxylic acid groups (broad SMARTS) is 1. The molecule has 1 aliphatic heterocycles. The molecule has 1 N–H and O–H groups in total. The first-order valence-electron chi connectivity index (χ1n) is 9.01. The monoisotopic (exact) mass is 384 g/mol. The average Bonchev–Trinajstić information content (AvgIpc) is 2.88. The molecule has 0 spiro atoms. The van der Waals surface area contributed by atoms with Gasteiger partial charge in [-0.05, 0) is 31.0 Å². The van der Waals surface area contributed by atoms with Crippen molar-refractivity contribution < 1.29 is 19.1 Å². The second kappa shape index (κ2) is 10.2. The van der Waals surface area contributed by atoms with E-state index >= 15 is 0 Å². The van der Waals surface area contributed by atoms with Crippen molar-refractivity contribution in [2.75, 3.05) is 26.2 Å². The molecule has 0 bridgehead atoms. The highest BCUT2D eigenvalue weighted by atomic mass is 16.4. The molecule has 1 aromatic carbocycles. The summed E-state index contributed by atoms with van der Waals surface area (Å²) in [6.07, 6.45) is 0.925. The van der Waals surface area contributed by atoms with Crippen LogP contribution in [0.25, 0.3) is 0 Å². The van der Waals surface area contributed by atoms with Crippen LogP contribution in [0, 0.1) is 25.2 Å². The van der Waals surface area contributed by atoms with Crippen LogP contribution in [0.1, 0.15) is 39.7 Å². The largest absolute Gasteiger partial charge is 0.483 e. The zero-order valence-electron chi connectivity index (χ0n) is 16.1. The molecule has 0 aliphatic carbocycles. The Morgan fingerprint density at radius 3 is 2.50 bits per heavy atom. The standard InChI is InChI=1S/C19H22N4O2.CH2O2/c1-14-18(25-15(2)21-14)19(24)23-9-3-8-22(10-11-23)13-17-6-4-16(12-20)5-7-17;2-1-3/h4-7H,3,8-11,13H2,1-2H3;1H,(H,2,3). The van der Waals surface area contributed by atoms with E-state index in [2.05, 4.69) is 16.0 Å². The Morgan fingerprint density at radius 1 is 1.25 bits per heavy atom. The van der Waals surface area contributed by atoms with Crippen LogP contribution in [0.4, 0.5) is 0 Å². The van der Waals surface area contributed by atoms with Gasteiger partial charge >= 0.3 is 0 Å². The van der Waals surface area contributed by atoms with Gasteiger partial charge in [-0.15, -0.1) is 0 Å². The van der Waals surface area contributed by atoms with Crippen molar-refractivity contribution in [3.05, 3.63) is 52.7 Å². The molecule has 1 aromatic heterocycles. The summed E-state index contributed by atoms with van der Waals surface area (Å²) in [5, 5.41) is 15.8. The van der Waals surface area contributed by atoms with Crippen LogP contribution < -0.4 is 0 Å². The third kappa shape index (κ3) is 5.66. The molecule has 8 nitrogen and oxygen atoms in total. The highest BCUT2D eigenvalue weighted by molar-refractivity contribution is 5.92. The molecule has 2 aromatic rings. The van der Waals surface area contributed by atoms with Gasteiger partial charge in [0.2, 0.25) is 5.76 Å². The van der Waals surface area contributed by atoms with Crippen molar-refractivity contribution in [1.82, 2.24) is 14.8 Å². The van der Waals surface area contributed by atoms with E-state index in [1.54, 1.807) is 13.8 Å². The van der Waals surface area contributed by atoms with E-state index in [9.17, 15) is 4.79 Å². The first-order chi connectivity index (χ1) is 13.5. The molecular weight excluding hydrogens is 360 g/mol. The van der Waals surface area contributed by atoms with Crippen molar-refractivity contribution in [2.24, 2.45) is 0 Å². The predicted octanol–water partition coefficient (Wildman–Crippen LogP) is 2.21. The minimum atomic E-state index is -0.250. The fourth-order valence-corrected chi connectivity index (χ4v) is 3.15. The predicted molar refractivity (Wildman–Crippen MR) is 102 cm³/mol. The molecule has 1 aliphatic rings. The van der Waals surface area contributed by atoms with Crippen LogP contribution >= 0.6 is 0 Å². The minimum absolute atomic E-state index is 0.0710. The van der Waals surface area contributed by atoms with Gasteiger partial charge in [-0.25, -0.2) is 4.98 Å². The number of carbonyl (C=O) groups excluding carboxylic acids is 1. The Morgan fingerprint density at radius 2 is 1.93 bits per heavy atom. The smallest absolute Gasteiger partial charge is 0.291 e. The fraction of sp³-hybridized carbons (Fsp3) is 0.400. The lowest BCUT2D eigenvalue weighted by molar-refractivity contribution is -0.122. The molecule has 0 atom stereocenters. The first-order valence-corrected chi connectivity index (χ1v) is 9.01. The fourth-order valence-electron chi connectivity index (χ4n) is 3.15. The number of rotatable bonds is 3. The van der Waals surface area contributed by atoms with Gasteiger partial charge in [0, 0.05) is 39.6 Å². The number of nitriles is 1. The zero-order valence-corrected chi connectivity index (χ0v) is 16.1. The summed E-state index contributed by atoms with van der Waals surface area (Å²) in [4.78, 5) is 29.4. The van der Waals surface area contributed by atoms with Gasteiger partial charge in [-0.1, -0.05) is 12.1 Å². The summed E-state index contributed by atoms with van der Waals surface area (Å²) >= 11 is 0. The highest BCUT2D eigenvalue weighted by Crippen LogP contribution is 2.15. The van der Waals surface area contributed by atoms with Gasteiger partial charge in [0.25, 0.3) is 12.4 Å². The van der Waals surface area contributed by atoms with E-state index in [1.165, 1.54) is 5.56 Å². The molecule has 1 amide bonds. The third-order valence-corrected chi connectivity index (χ3v) is 4.46. The van der Waals surface area contributed by atoms with Gasteiger partial charge < -0.3 is 14.4 Å². The Balaban J connectivity index is 0.000000878. The number of benzene rings is 1. The summed E-state index contributed by atoms with van der Waals surface area (Å²) in [6.45, 7) is 7.30. The third-order valence-electron chi connectivity index (χ3n) is 4.46. The van der Waals surface area contributed by atoms with Crippen molar-refractivity contribution in [3.8, 4) is 6.07 Å². The Kier molecular flexibility index (Phi) is 7.72. The van der Waals surface area contributed by atoms with Crippen molar-refractivity contribution >= 4 is 12.4 Å². The molecule has 148 valence electrons. The minimum Gasteiger partial charge on any atom is -0.483 e. The van der Waals surface area contributed by atoms with Gasteiger partial charge in [0.05, 0.1) is 17.3 Å². The van der Waals surface area contributed by atoms with E-state index in [0.717, 1.165) is 32.6 Å². The van der Waals surface area contributed by atoms with Crippen molar-refractivity contribution in [2.45, 2.75) is 26.8 Å². The normalized spacial score (nSPS) is 14.4. The van der Waals surface area contributed by atoms with Crippen LogP contribution in [0.15, 0.2) is 28.7 Å². The summed E-state index contributed by atoms with van der Waals surface area (Å²) < 4.78 is 5.47. The molecule has 1 fully saturated rings. The van der Waals surface area contributed by atoms with Gasteiger partial charge in [-0.3, -0.25) is 14.5 Å². The molecule has 0 radical (unpaired) electrons. The lowest BCUT2D eigenvalue weighted by atomic mass is 10.1. The summed E-state index contributed by atoms with van der Waals surface area (Å²) in [5.74, 6) is 0.814. The molecular formula is C20H24N4O4. The molecule has 8 heteroatoms. The Hall–Kier alpha value is -3.18. The molecule has 28 heavy (non-hydrogen) atoms. The number of carbonyl (C=O) groups is 2. The number of aryl methyl sites for hydroxylation is 2. The van der Waals surface area contributed by atoms with E-state index in [-0.39, 0.29) is 12.4 Å². The van der Waals surface area contributed by atoms with Crippen LogP contribution in [0.2, 0.25) is 0 Å². The SMILES string of the molecule is Cc1nc(C)c(C(=O)N2CCCN(Cc3ccc(C#N)cc3)CC2)o1.O=CO. The van der Waals surface area contributed by atoms with E-state index < -0.39 is 0 Å². The van der Waals surface area contributed by atoms with E-state index in [4.69, 9.17) is 19.6 Å². The average molecular weight is 384 g/mol. The van der Waals surface area contributed by atoms with Gasteiger partial charge in [-0.2, -0.15) is 5.26 Å². The van der Waals surface area contributed by atoms with Crippen LogP contribution in [-0.4, -0.2) is 58.4 Å². The van der Waals surface area contributed by atoms with Gasteiger partial charge in [0.1, 0.15) is 0 Å². The number of hydrogen-bond donors (Lipinski definition) is 1. The Bertz CT molecular complexity index is 839. The number of amides is 1. The highest BCUT2D eigenvalue weighted by Gasteiger charge is 2.24. The van der Waals surface area contributed by atoms with E-state index in [0.29, 0.717) is 29.5 Å². The molecule has 0 saturated carbocycles. The number of aromatic nitrogens is 1. The Labute approximate surface area is 164 Å². The molecule has 3 rings (SSSR count).